The van der Waals surface area contributed by atoms with Gasteiger partial charge in [-0.3, -0.25) is 9.69 Å². The number of amides is 1. The van der Waals surface area contributed by atoms with E-state index in [2.05, 4.69) is 22.5 Å². The fraction of sp³-hybridized carbons (Fsp3) is 0.632. The van der Waals surface area contributed by atoms with Crippen LogP contribution in [0.1, 0.15) is 38.7 Å². The number of piperidine rings is 1. The molecule has 0 aromatic heterocycles. The third-order valence-electron chi connectivity index (χ3n) is 4.79. The summed E-state index contributed by atoms with van der Waals surface area (Å²) in [5, 5.41) is 6.51. The topological polar surface area (TPSA) is 44.4 Å². The van der Waals surface area contributed by atoms with Crippen LogP contribution in [0.2, 0.25) is 0 Å². The molecule has 0 spiro atoms. The highest BCUT2D eigenvalue weighted by Gasteiger charge is 2.24. The molecule has 1 fully saturated rings. The van der Waals surface area contributed by atoms with Gasteiger partial charge in [-0.25, -0.2) is 0 Å². The van der Waals surface area contributed by atoms with Gasteiger partial charge in [0.25, 0.3) is 0 Å². The van der Waals surface area contributed by atoms with Gasteiger partial charge in [0, 0.05) is 12.2 Å². The van der Waals surface area contributed by atoms with Gasteiger partial charge in [0.15, 0.2) is 0 Å². The van der Waals surface area contributed by atoms with Gasteiger partial charge in [-0.2, -0.15) is 0 Å². The lowest BCUT2D eigenvalue weighted by Crippen LogP contribution is -2.46. The molecule has 0 bridgehead atoms. The fourth-order valence-corrected chi connectivity index (χ4v) is 3.24. The number of aryl methyl sites for hydroxylation is 1. The van der Waals surface area contributed by atoms with E-state index in [1.54, 1.807) is 0 Å². The molecule has 0 aliphatic carbocycles. The highest BCUT2D eigenvalue weighted by Crippen LogP contribution is 2.18. The van der Waals surface area contributed by atoms with Crippen molar-refractivity contribution >= 4 is 24.0 Å². The number of hydrogen-bond acceptors (Lipinski definition) is 3. The van der Waals surface area contributed by atoms with Crippen molar-refractivity contribution in [3.05, 3.63) is 29.8 Å². The molecule has 0 radical (unpaired) electrons. The molecule has 5 heteroatoms. The third-order valence-corrected chi connectivity index (χ3v) is 4.79. The fourth-order valence-electron chi connectivity index (χ4n) is 3.24. The summed E-state index contributed by atoms with van der Waals surface area (Å²) >= 11 is 0. The zero-order chi connectivity index (χ0) is 16.7. The molecule has 1 aromatic carbocycles. The molecule has 1 aliphatic heterocycles. The van der Waals surface area contributed by atoms with E-state index in [0.717, 1.165) is 43.9 Å². The zero-order valence-corrected chi connectivity index (χ0v) is 16.0. The molecule has 1 amide bonds. The minimum atomic E-state index is -0.0931. The minimum absolute atomic E-state index is 0. The second-order valence-electron chi connectivity index (χ2n) is 6.67. The van der Waals surface area contributed by atoms with E-state index in [1.165, 1.54) is 12.8 Å². The molecule has 1 aliphatic rings. The molecule has 2 rings (SSSR count). The lowest BCUT2D eigenvalue weighted by Gasteiger charge is -2.33. The van der Waals surface area contributed by atoms with Crippen LogP contribution in [0.5, 0.6) is 0 Å². The second kappa shape index (κ2) is 10.7. The first-order chi connectivity index (χ1) is 11.1. The Morgan fingerprint density at radius 1 is 1.33 bits per heavy atom. The molecule has 1 unspecified atom stereocenters. The van der Waals surface area contributed by atoms with Crippen LogP contribution in [-0.4, -0.2) is 43.0 Å². The quantitative estimate of drug-likeness (QED) is 0.789. The summed E-state index contributed by atoms with van der Waals surface area (Å²) in [5.41, 5.74) is 2.02. The predicted molar refractivity (Wildman–Crippen MR) is 104 cm³/mol. The van der Waals surface area contributed by atoms with Crippen molar-refractivity contribution in [3.63, 3.8) is 0 Å². The molecule has 1 saturated heterocycles. The SMILES string of the molecule is CCCN(CC1CCNCC1)C(C)C(=O)Nc1ccccc1C.Cl. The van der Waals surface area contributed by atoms with Gasteiger partial charge in [-0.1, -0.05) is 25.1 Å². The molecule has 1 heterocycles. The average molecular weight is 354 g/mol. The lowest BCUT2D eigenvalue weighted by atomic mass is 9.96. The largest absolute Gasteiger partial charge is 0.324 e. The molecule has 0 saturated carbocycles. The molecule has 136 valence electrons. The van der Waals surface area contributed by atoms with E-state index in [0.29, 0.717) is 5.92 Å². The van der Waals surface area contributed by atoms with Crippen molar-refractivity contribution in [2.24, 2.45) is 5.92 Å². The Kier molecular flexibility index (Phi) is 9.34. The Balaban J connectivity index is 0.00000288. The van der Waals surface area contributed by atoms with Gasteiger partial charge >= 0.3 is 0 Å². The Hall–Kier alpha value is -1.10. The first-order valence-electron chi connectivity index (χ1n) is 8.93. The summed E-state index contributed by atoms with van der Waals surface area (Å²) in [5.74, 6) is 0.804. The van der Waals surface area contributed by atoms with Gasteiger partial charge in [0.2, 0.25) is 5.91 Å². The van der Waals surface area contributed by atoms with E-state index in [9.17, 15) is 4.79 Å². The van der Waals surface area contributed by atoms with E-state index < -0.39 is 0 Å². The van der Waals surface area contributed by atoms with E-state index in [1.807, 2.05) is 38.1 Å². The van der Waals surface area contributed by atoms with Crippen molar-refractivity contribution < 1.29 is 4.79 Å². The van der Waals surface area contributed by atoms with Crippen molar-refractivity contribution in [1.29, 1.82) is 0 Å². The van der Waals surface area contributed by atoms with Crippen LogP contribution in [-0.2, 0) is 4.79 Å². The molecular formula is C19H32ClN3O. The van der Waals surface area contributed by atoms with Gasteiger partial charge in [0.1, 0.15) is 0 Å². The molecule has 1 aromatic rings. The standard InChI is InChI=1S/C19H31N3O.ClH/c1-4-13-22(14-17-9-11-20-12-10-17)16(3)19(23)21-18-8-6-5-7-15(18)2;/h5-8,16-17,20H,4,9-14H2,1-3H3,(H,21,23);1H. The van der Waals surface area contributed by atoms with Crippen molar-refractivity contribution in [2.75, 3.05) is 31.5 Å². The van der Waals surface area contributed by atoms with Gasteiger partial charge < -0.3 is 10.6 Å². The summed E-state index contributed by atoms with van der Waals surface area (Å²) < 4.78 is 0. The highest BCUT2D eigenvalue weighted by atomic mass is 35.5. The Bertz CT molecular complexity index is 503. The normalized spacial score (nSPS) is 16.5. The molecule has 24 heavy (non-hydrogen) atoms. The van der Waals surface area contributed by atoms with E-state index in [-0.39, 0.29) is 24.4 Å². The van der Waals surface area contributed by atoms with Crippen molar-refractivity contribution in [3.8, 4) is 0 Å². The molecule has 4 nitrogen and oxygen atoms in total. The second-order valence-corrected chi connectivity index (χ2v) is 6.67. The number of carbonyl (C=O) groups excluding carboxylic acids is 1. The number of hydrogen-bond donors (Lipinski definition) is 2. The molecular weight excluding hydrogens is 322 g/mol. The number of nitrogens with one attached hydrogen (secondary N) is 2. The first-order valence-corrected chi connectivity index (χ1v) is 8.93. The molecule has 2 N–H and O–H groups in total. The van der Waals surface area contributed by atoms with Gasteiger partial charge in [-0.15, -0.1) is 12.4 Å². The number of rotatable bonds is 7. The number of carbonyl (C=O) groups is 1. The van der Waals surface area contributed by atoms with Crippen LogP contribution in [0, 0.1) is 12.8 Å². The smallest absolute Gasteiger partial charge is 0.241 e. The Morgan fingerprint density at radius 3 is 2.62 bits per heavy atom. The summed E-state index contributed by atoms with van der Waals surface area (Å²) in [4.78, 5) is 15.0. The Morgan fingerprint density at radius 2 is 2.00 bits per heavy atom. The predicted octanol–water partition coefficient (Wildman–Crippen LogP) is 3.46. The van der Waals surface area contributed by atoms with Crippen LogP contribution < -0.4 is 10.6 Å². The lowest BCUT2D eigenvalue weighted by molar-refractivity contribution is -0.121. The maximum absolute atomic E-state index is 12.7. The summed E-state index contributed by atoms with van der Waals surface area (Å²) in [6, 6.07) is 7.86. The monoisotopic (exact) mass is 353 g/mol. The zero-order valence-electron chi connectivity index (χ0n) is 15.2. The highest BCUT2D eigenvalue weighted by molar-refractivity contribution is 5.95. The maximum atomic E-state index is 12.7. The van der Waals surface area contributed by atoms with Crippen LogP contribution >= 0.6 is 12.4 Å². The summed E-state index contributed by atoms with van der Waals surface area (Å²) in [7, 11) is 0. The number of anilines is 1. The van der Waals surface area contributed by atoms with Crippen LogP contribution in [0.3, 0.4) is 0 Å². The number of nitrogens with zero attached hydrogens (tertiary/aromatic N) is 1. The van der Waals surface area contributed by atoms with E-state index >= 15 is 0 Å². The number of halogens is 1. The average Bonchev–Trinajstić information content (AvgIpc) is 2.57. The summed E-state index contributed by atoms with van der Waals surface area (Å²) in [6.45, 7) is 10.5. The van der Waals surface area contributed by atoms with Gasteiger partial charge in [0.05, 0.1) is 6.04 Å². The van der Waals surface area contributed by atoms with Crippen LogP contribution in [0.15, 0.2) is 24.3 Å². The van der Waals surface area contributed by atoms with Crippen molar-refractivity contribution in [2.45, 2.75) is 46.1 Å². The van der Waals surface area contributed by atoms with Crippen LogP contribution in [0.4, 0.5) is 5.69 Å². The van der Waals surface area contributed by atoms with E-state index in [4.69, 9.17) is 0 Å². The number of benzene rings is 1. The number of para-hydroxylation sites is 1. The third kappa shape index (κ3) is 6.08. The first kappa shape index (κ1) is 20.9. The van der Waals surface area contributed by atoms with Crippen LogP contribution in [0.25, 0.3) is 0 Å². The molecule has 1 atom stereocenters. The summed E-state index contributed by atoms with van der Waals surface area (Å²) in [6.07, 6.45) is 3.51. The maximum Gasteiger partial charge on any atom is 0.241 e. The Labute approximate surface area is 152 Å². The minimum Gasteiger partial charge on any atom is -0.324 e. The van der Waals surface area contributed by atoms with Gasteiger partial charge in [-0.05, 0) is 70.3 Å². The van der Waals surface area contributed by atoms with Crippen molar-refractivity contribution in [1.82, 2.24) is 10.2 Å².